The number of nitrogens with zero attached hydrogens (tertiary/aromatic N) is 3. The van der Waals surface area contributed by atoms with Crippen molar-refractivity contribution in [3.63, 3.8) is 0 Å². The predicted molar refractivity (Wildman–Crippen MR) is 82.7 cm³/mol. The van der Waals surface area contributed by atoms with Gasteiger partial charge in [0.2, 0.25) is 0 Å². The maximum atomic E-state index is 12.0. The maximum Gasteiger partial charge on any atom is 0.287 e. The zero-order valence-corrected chi connectivity index (χ0v) is 13.0. The van der Waals surface area contributed by atoms with E-state index in [1.54, 1.807) is 6.20 Å². The number of aromatic nitrogens is 2. The lowest BCUT2D eigenvalue weighted by atomic mass is 10.1. The number of rotatable bonds is 5. The number of anilines is 1. The van der Waals surface area contributed by atoms with Crippen LogP contribution >= 0.6 is 11.6 Å². The average molecular weight is 299 g/mol. The molecule has 2 rings (SSSR count). The van der Waals surface area contributed by atoms with Gasteiger partial charge in [-0.05, 0) is 32.7 Å². The highest BCUT2D eigenvalue weighted by Gasteiger charge is 2.22. The molecule has 0 amide bonds. The summed E-state index contributed by atoms with van der Waals surface area (Å²) in [7, 11) is 0. The van der Waals surface area contributed by atoms with Crippen LogP contribution < -0.4 is 15.8 Å². The van der Waals surface area contributed by atoms with Gasteiger partial charge in [0.05, 0.1) is 11.9 Å². The van der Waals surface area contributed by atoms with Gasteiger partial charge < -0.3 is 10.2 Å². The van der Waals surface area contributed by atoms with Crippen LogP contribution in [0.15, 0.2) is 11.0 Å². The Balaban J connectivity index is 2.15. The van der Waals surface area contributed by atoms with Crippen LogP contribution in [0.1, 0.15) is 33.1 Å². The molecule has 0 radical (unpaired) electrons. The van der Waals surface area contributed by atoms with Crippen molar-refractivity contribution in [2.45, 2.75) is 45.7 Å². The van der Waals surface area contributed by atoms with Crippen molar-refractivity contribution in [2.75, 3.05) is 24.5 Å². The Morgan fingerprint density at radius 1 is 1.50 bits per heavy atom. The molecule has 0 aromatic carbocycles. The fourth-order valence-electron chi connectivity index (χ4n) is 2.61. The van der Waals surface area contributed by atoms with Gasteiger partial charge in [0.1, 0.15) is 5.02 Å². The summed E-state index contributed by atoms with van der Waals surface area (Å²) < 4.78 is 1.39. The fraction of sp³-hybridized carbons (Fsp3) is 0.714. The molecule has 1 aromatic rings. The summed E-state index contributed by atoms with van der Waals surface area (Å²) in [4.78, 5) is 14.2. The standard InChI is InChI=1S/C14H23ClN4O/c1-3-7-16-11-6-5-8-18(10-11)12-9-17-19(4-2)14(20)13(12)15/h9,11,16H,3-8,10H2,1-2H3. The molecular formula is C14H23ClN4O. The van der Waals surface area contributed by atoms with E-state index in [1.165, 1.54) is 11.1 Å². The number of piperidine rings is 1. The second kappa shape index (κ2) is 7.09. The fourth-order valence-corrected chi connectivity index (χ4v) is 2.88. The zero-order chi connectivity index (χ0) is 14.5. The number of nitrogens with one attached hydrogen (secondary N) is 1. The molecule has 1 aromatic heterocycles. The Morgan fingerprint density at radius 2 is 2.30 bits per heavy atom. The third-order valence-corrected chi connectivity index (χ3v) is 4.07. The van der Waals surface area contributed by atoms with Crippen molar-refractivity contribution in [3.05, 3.63) is 21.6 Å². The molecule has 0 aliphatic carbocycles. The molecule has 1 saturated heterocycles. The van der Waals surface area contributed by atoms with E-state index in [9.17, 15) is 4.79 Å². The van der Waals surface area contributed by atoms with E-state index >= 15 is 0 Å². The number of aryl methyl sites for hydroxylation is 1. The molecule has 1 N–H and O–H groups in total. The minimum atomic E-state index is -0.199. The van der Waals surface area contributed by atoms with Crippen molar-refractivity contribution in [1.82, 2.24) is 15.1 Å². The van der Waals surface area contributed by atoms with Crippen LogP contribution in [0.3, 0.4) is 0 Å². The topological polar surface area (TPSA) is 50.2 Å². The highest BCUT2D eigenvalue weighted by atomic mass is 35.5. The zero-order valence-electron chi connectivity index (χ0n) is 12.2. The monoisotopic (exact) mass is 298 g/mol. The van der Waals surface area contributed by atoms with Crippen molar-refractivity contribution >= 4 is 17.3 Å². The SMILES string of the molecule is CCCNC1CCCN(c2cnn(CC)c(=O)c2Cl)C1. The molecule has 1 atom stereocenters. The van der Waals surface area contributed by atoms with Gasteiger partial charge in [-0.3, -0.25) is 4.79 Å². The summed E-state index contributed by atoms with van der Waals surface area (Å²) in [5.41, 5.74) is 0.569. The molecule has 1 fully saturated rings. The van der Waals surface area contributed by atoms with E-state index in [4.69, 9.17) is 11.6 Å². The van der Waals surface area contributed by atoms with Crippen LogP contribution in [0.2, 0.25) is 5.02 Å². The van der Waals surface area contributed by atoms with Crippen molar-refractivity contribution in [3.8, 4) is 0 Å². The van der Waals surface area contributed by atoms with Gasteiger partial charge in [-0.25, -0.2) is 4.68 Å². The third-order valence-electron chi connectivity index (χ3n) is 3.71. The summed E-state index contributed by atoms with van der Waals surface area (Å²) in [5.74, 6) is 0. The molecule has 2 heterocycles. The maximum absolute atomic E-state index is 12.0. The second-order valence-corrected chi connectivity index (χ2v) is 5.58. The quantitative estimate of drug-likeness (QED) is 0.902. The summed E-state index contributed by atoms with van der Waals surface area (Å²) in [6, 6.07) is 0.466. The van der Waals surface area contributed by atoms with Gasteiger partial charge in [-0.1, -0.05) is 18.5 Å². The van der Waals surface area contributed by atoms with E-state index in [-0.39, 0.29) is 10.6 Å². The Labute approximate surface area is 124 Å². The molecule has 6 heteroatoms. The van der Waals surface area contributed by atoms with Crippen molar-refractivity contribution in [2.24, 2.45) is 0 Å². The van der Waals surface area contributed by atoms with Crippen LogP contribution in [0.25, 0.3) is 0 Å². The molecule has 0 bridgehead atoms. The van der Waals surface area contributed by atoms with E-state index < -0.39 is 0 Å². The summed E-state index contributed by atoms with van der Waals surface area (Å²) >= 11 is 6.23. The lowest BCUT2D eigenvalue weighted by Crippen LogP contribution is -2.46. The lowest BCUT2D eigenvalue weighted by Gasteiger charge is -2.35. The molecule has 0 spiro atoms. The number of hydrogen-bond donors (Lipinski definition) is 1. The normalized spacial score (nSPS) is 19.4. The van der Waals surface area contributed by atoms with Crippen molar-refractivity contribution < 1.29 is 0 Å². The van der Waals surface area contributed by atoms with Crippen LogP contribution in [0.4, 0.5) is 5.69 Å². The first-order valence-electron chi connectivity index (χ1n) is 7.41. The molecule has 0 saturated carbocycles. The highest BCUT2D eigenvalue weighted by molar-refractivity contribution is 6.33. The van der Waals surface area contributed by atoms with Gasteiger partial charge in [0.15, 0.2) is 0 Å². The Kier molecular flexibility index (Phi) is 5.43. The summed E-state index contributed by atoms with van der Waals surface area (Å²) in [5, 5.41) is 8.01. The van der Waals surface area contributed by atoms with E-state index in [0.717, 1.165) is 38.2 Å². The van der Waals surface area contributed by atoms with Gasteiger partial charge >= 0.3 is 0 Å². The van der Waals surface area contributed by atoms with Crippen molar-refractivity contribution in [1.29, 1.82) is 0 Å². The summed E-state index contributed by atoms with van der Waals surface area (Å²) in [6.45, 7) is 7.44. The molecule has 1 aliphatic heterocycles. The molecule has 1 unspecified atom stereocenters. The smallest absolute Gasteiger partial charge is 0.287 e. The first-order chi connectivity index (χ1) is 9.67. The Morgan fingerprint density at radius 3 is 3.00 bits per heavy atom. The number of hydrogen-bond acceptors (Lipinski definition) is 4. The van der Waals surface area contributed by atoms with E-state index in [2.05, 4.69) is 22.2 Å². The van der Waals surface area contributed by atoms with Gasteiger partial charge in [-0.2, -0.15) is 5.10 Å². The van der Waals surface area contributed by atoms with Gasteiger partial charge in [0.25, 0.3) is 5.56 Å². The third kappa shape index (κ3) is 3.33. The molecule has 1 aliphatic rings. The van der Waals surface area contributed by atoms with Crippen LogP contribution in [-0.2, 0) is 6.54 Å². The second-order valence-electron chi connectivity index (χ2n) is 5.20. The molecular weight excluding hydrogens is 276 g/mol. The largest absolute Gasteiger partial charge is 0.367 e. The first-order valence-corrected chi connectivity index (χ1v) is 7.79. The molecule has 20 heavy (non-hydrogen) atoms. The van der Waals surface area contributed by atoms with Gasteiger partial charge in [0, 0.05) is 25.7 Å². The van der Waals surface area contributed by atoms with E-state index in [0.29, 0.717) is 12.6 Å². The minimum absolute atomic E-state index is 0.199. The van der Waals surface area contributed by atoms with Gasteiger partial charge in [-0.15, -0.1) is 0 Å². The van der Waals surface area contributed by atoms with Crippen LogP contribution in [0.5, 0.6) is 0 Å². The Bertz CT molecular complexity index is 502. The predicted octanol–water partition coefficient (Wildman–Crippen LogP) is 1.88. The van der Waals surface area contributed by atoms with Crippen LogP contribution in [0, 0.1) is 0 Å². The summed E-state index contributed by atoms with van der Waals surface area (Å²) in [6.07, 6.45) is 5.13. The first kappa shape index (κ1) is 15.3. The molecule has 5 nitrogen and oxygen atoms in total. The van der Waals surface area contributed by atoms with E-state index in [1.807, 2.05) is 6.92 Å². The Hall–Kier alpha value is -1.07. The van der Waals surface area contributed by atoms with Crippen LogP contribution in [-0.4, -0.2) is 35.5 Å². The highest BCUT2D eigenvalue weighted by Crippen LogP contribution is 2.24. The number of halogens is 1. The lowest BCUT2D eigenvalue weighted by molar-refractivity contribution is 0.422. The minimum Gasteiger partial charge on any atom is -0.367 e. The molecule has 112 valence electrons. The average Bonchev–Trinajstić information content (AvgIpc) is 2.48.